The zero-order valence-corrected chi connectivity index (χ0v) is 17.1. The Hall–Kier alpha value is -2.30. The molecule has 4 nitrogen and oxygen atoms in total. The van der Waals surface area contributed by atoms with Gasteiger partial charge < -0.3 is 14.8 Å². The van der Waals surface area contributed by atoms with Crippen LogP contribution in [0.15, 0.2) is 48.7 Å². The fourth-order valence-corrected chi connectivity index (χ4v) is 5.52. The first-order valence-electron chi connectivity index (χ1n) is 10.8. The lowest BCUT2D eigenvalue weighted by Crippen LogP contribution is -2.33. The highest BCUT2D eigenvalue weighted by Gasteiger charge is 2.46. The van der Waals surface area contributed by atoms with Crippen molar-refractivity contribution in [3.8, 4) is 5.75 Å². The largest absolute Gasteiger partial charge is 0.491 e. The Kier molecular flexibility index (Phi) is 5.06. The van der Waals surface area contributed by atoms with E-state index in [4.69, 9.17) is 9.84 Å². The summed E-state index contributed by atoms with van der Waals surface area (Å²) in [7, 11) is 0. The van der Waals surface area contributed by atoms with E-state index in [0.29, 0.717) is 12.6 Å². The first kappa shape index (κ1) is 18.7. The molecule has 3 atom stereocenters. The predicted octanol–water partition coefficient (Wildman–Crippen LogP) is 4.30. The SMILES string of the molecule is Cc1ccc(CN2CC3CCC2C3Cc2ccc3[nH]ccc3c2)cc1OCCO. The second-order valence-electron chi connectivity index (χ2n) is 8.77. The summed E-state index contributed by atoms with van der Waals surface area (Å²) >= 11 is 0. The number of aromatic amines is 1. The summed E-state index contributed by atoms with van der Waals surface area (Å²) in [6.07, 6.45) is 5.90. The van der Waals surface area contributed by atoms with Gasteiger partial charge in [0, 0.05) is 30.8 Å². The molecule has 1 aliphatic carbocycles. The van der Waals surface area contributed by atoms with Crippen molar-refractivity contribution in [2.75, 3.05) is 19.8 Å². The van der Waals surface area contributed by atoms with E-state index < -0.39 is 0 Å². The summed E-state index contributed by atoms with van der Waals surface area (Å²) < 4.78 is 5.71. The van der Waals surface area contributed by atoms with Gasteiger partial charge in [0.25, 0.3) is 0 Å². The van der Waals surface area contributed by atoms with Gasteiger partial charge in [0.05, 0.1) is 6.61 Å². The van der Waals surface area contributed by atoms with Crippen LogP contribution in [0.4, 0.5) is 0 Å². The van der Waals surface area contributed by atoms with Crippen molar-refractivity contribution in [1.82, 2.24) is 9.88 Å². The molecule has 2 aromatic carbocycles. The maximum atomic E-state index is 9.05. The quantitative estimate of drug-likeness (QED) is 0.632. The van der Waals surface area contributed by atoms with E-state index in [2.05, 4.69) is 59.3 Å². The highest BCUT2D eigenvalue weighted by Crippen LogP contribution is 2.45. The molecule has 0 amide bonds. The van der Waals surface area contributed by atoms with Crippen molar-refractivity contribution < 1.29 is 9.84 Å². The molecule has 29 heavy (non-hydrogen) atoms. The van der Waals surface area contributed by atoms with E-state index >= 15 is 0 Å². The van der Waals surface area contributed by atoms with Crippen LogP contribution in [-0.2, 0) is 13.0 Å². The van der Waals surface area contributed by atoms with E-state index in [0.717, 1.165) is 29.7 Å². The molecule has 4 heteroatoms. The summed E-state index contributed by atoms with van der Waals surface area (Å²) in [6, 6.07) is 16.3. The standard InChI is InChI=1S/C25H30N2O2/c1-17-2-3-19(14-25(17)29-11-10-28)15-27-16-21-5-7-24(27)22(21)13-18-4-6-23-20(12-18)8-9-26-23/h2-4,6,8-9,12,14,21-22,24,26,28H,5,7,10-11,13,15-16H2,1H3. The third kappa shape index (κ3) is 3.67. The number of nitrogens with zero attached hydrogens (tertiary/aromatic N) is 1. The first-order valence-corrected chi connectivity index (χ1v) is 10.8. The number of hydrogen-bond acceptors (Lipinski definition) is 3. The lowest BCUT2D eigenvalue weighted by Gasteiger charge is -2.28. The molecule has 2 bridgehead atoms. The van der Waals surface area contributed by atoms with Crippen molar-refractivity contribution in [3.63, 3.8) is 0 Å². The maximum Gasteiger partial charge on any atom is 0.122 e. The lowest BCUT2D eigenvalue weighted by atomic mass is 9.90. The van der Waals surface area contributed by atoms with Crippen LogP contribution in [-0.4, -0.2) is 40.8 Å². The van der Waals surface area contributed by atoms with Gasteiger partial charge in [0.2, 0.25) is 0 Å². The zero-order chi connectivity index (χ0) is 19.8. The Labute approximate surface area is 172 Å². The zero-order valence-electron chi connectivity index (χ0n) is 17.1. The number of piperidine rings is 1. The minimum absolute atomic E-state index is 0.0514. The van der Waals surface area contributed by atoms with Gasteiger partial charge >= 0.3 is 0 Å². The first-order chi connectivity index (χ1) is 14.2. The van der Waals surface area contributed by atoms with E-state index in [-0.39, 0.29) is 6.61 Å². The lowest BCUT2D eigenvalue weighted by molar-refractivity contribution is 0.194. The van der Waals surface area contributed by atoms with Crippen LogP contribution in [0.1, 0.15) is 29.5 Å². The number of ether oxygens (including phenoxy) is 1. The Balaban J connectivity index is 1.28. The minimum atomic E-state index is 0.0514. The maximum absolute atomic E-state index is 9.05. The van der Waals surface area contributed by atoms with Gasteiger partial charge in [-0.25, -0.2) is 0 Å². The Bertz CT molecular complexity index is 995. The van der Waals surface area contributed by atoms with Gasteiger partial charge in [-0.3, -0.25) is 4.90 Å². The smallest absolute Gasteiger partial charge is 0.122 e. The van der Waals surface area contributed by atoms with Crippen molar-refractivity contribution in [3.05, 3.63) is 65.4 Å². The molecule has 1 aromatic heterocycles. The molecule has 1 saturated heterocycles. The Morgan fingerprint density at radius 3 is 2.90 bits per heavy atom. The molecule has 1 saturated carbocycles. The fourth-order valence-electron chi connectivity index (χ4n) is 5.52. The molecule has 3 aromatic rings. The summed E-state index contributed by atoms with van der Waals surface area (Å²) in [5.74, 6) is 2.48. The van der Waals surface area contributed by atoms with Gasteiger partial charge in [-0.2, -0.15) is 0 Å². The number of aliphatic hydroxyl groups is 1. The predicted molar refractivity (Wildman–Crippen MR) is 116 cm³/mol. The number of hydrogen-bond donors (Lipinski definition) is 2. The van der Waals surface area contributed by atoms with E-state index in [1.165, 1.54) is 47.8 Å². The Morgan fingerprint density at radius 2 is 2.00 bits per heavy atom. The third-order valence-electron chi connectivity index (χ3n) is 6.95. The van der Waals surface area contributed by atoms with Crippen molar-refractivity contribution in [2.24, 2.45) is 11.8 Å². The molecule has 3 unspecified atom stereocenters. The second-order valence-corrected chi connectivity index (χ2v) is 8.77. The number of H-pyrrole nitrogens is 1. The molecule has 2 N–H and O–H groups in total. The molecule has 1 aliphatic heterocycles. The normalized spacial score (nSPS) is 23.9. The summed E-state index contributed by atoms with van der Waals surface area (Å²) in [4.78, 5) is 5.98. The van der Waals surface area contributed by atoms with Gasteiger partial charge in [0.1, 0.15) is 12.4 Å². The van der Waals surface area contributed by atoms with Gasteiger partial charge in [-0.15, -0.1) is 0 Å². The van der Waals surface area contributed by atoms with E-state index in [1.807, 2.05) is 6.20 Å². The molecule has 2 aliphatic rings. The molecule has 2 fully saturated rings. The van der Waals surface area contributed by atoms with E-state index in [9.17, 15) is 0 Å². The molecular formula is C25H30N2O2. The Morgan fingerprint density at radius 1 is 1.10 bits per heavy atom. The molecule has 0 spiro atoms. The van der Waals surface area contributed by atoms with Crippen LogP contribution < -0.4 is 4.74 Å². The number of likely N-dealkylation sites (tertiary alicyclic amines) is 1. The molecule has 5 rings (SSSR count). The monoisotopic (exact) mass is 390 g/mol. The van der Waals surface area contributed by atoms with Crippen LogP contribution in [0.25, 0.3) is 10.9 Å². The van der Waals surface area contributed by atoms with E-state index in [1.54, 1.807) is 0 Å². The summed E-state index contributed by atoms with van der Waals surface area (Å²) in [6.45, 7) is 4.67. The van der Waals surface area contributed by atoms with Crippen LogP contribution in [0.2, 0.25) is 0 Å². The fraction of sp³-hybridized carbons (Fsp3) is 0.440. The average molecular weight is 391 g/mol. The molecule has 152 valence electrons. The van der Waals surface area contributed by atoms with Gasteiger partial charge in [0.15, 0.2) is 0 Å². The number of benzene rings is 2. The second kappa shape index (κ2) is 7.85. The van der Waals surface area contributed by atoms with Crippen LogP contribution in [0.3, 0.4) is 0 Å². The van der Waals surface area contributed by atoms with Gasteiger partial charge in [-0.1, -0.05) is 18.2 Å². The van der Waals surface area contributed by atoms with Gasteiger partial charge in [-0.05, 0) is 84.4 Å². The number of nitrogens with one attached hydrogen (secondary N) is 1. The van der Waals surface area contributed by atoms with Crippen molar-refractivity contribution in [1.29, 1.82) is 0 Å². The summed E-state index contributed by atoms with van der Waals surface area (Å²) in [5, 5.41) is 10.4. The van der Waals surface area contributed by atoms with Crippen LogP contribution >= 0.6 is 0 Å². The topological polar surface area (TPSA) is 48.5 Å². The number of rotatable bonds is 7. The number of aromatic nitrogens is 1. The van der Waals surface area contributed by atoms with Crippen LogP contribution in [0.5, 0.6) is 5.75 Å². The van der Waals surface area contributed by atoms with Crippen LogP contribution in [0, 0.1) is 18.8 Å². The molecule has 0 radical (unpaired) electrons. The third-order valence-corrected chi connectivity index (χ3v) is 6.95. The summed E-state index contributed by atoms with van der Waals surface area (Å²) in [5.41, 5.74) is 5.13. The van der Waals surface area contributed by atoms with Crippen molar-refractivity contribution >= 4 is 10.9 Å². The number of aliphatic hydroxyl groups excluding tert-OH is 1. The minimum Gasteiger partial charge on any atom is -0.491 e. The highest BCUT2D eigenvalue weighted by molar-refractivity contribution is 5.79. The van der Waals surface area contributed by atoms with Crippen molar-refractivity contribution in [2.45, 2.75) is 38.8 Å². The average Bonchev–Trinajstić information content (AvgIpc) is 3.43. The molecule has 2 heterocycles. The molecular weight excluding hydrogens is 360 g/mol. The highest BCUT2D eigenvalue weighted by atomic mass is 16.5. The number of aryl methyl sites for hydroxylation is 1. The number of fused-ring (bicyclic) bond motifs is 3.